The smallest absolute Gasteiger partial charge is 0.354 e. The van der Waals surface area contributed by atoms with E-state index in [1.54, 1.807) is 36.4 Å². The van der Waals surface area contributed by atoms with Gasteiger partial charge in [-0.15, -0.1) is 0 Å². The van der Waals surface area contributed by atoms with E-state index in [4.69, 9.17) is 0 Å². The second kappa shape index (κ2) is 11.6. The van der Waals surface area contributed by atoms with Crippen molar-refractivity contribution in [2.24, 2.45) is 11.8 Å². The molecule has 0 unspecified atom stereocenters. The van der Waals surface area contributed by atoms with Crippen LogP contribution in [0, 0.1) is 17.7 Å². The third-order valence-corrected chi connectivity index (χ3v) is 6.57. The average molecular weight is 531 g/mol. The van der Waals surface area contributed by atoms with Crippen LogP contribution in [0.5, 0.6) is 0 Å². The molecule has 3 aromatic rings. The number of alkyl halides is 3. The maximum absolute atomic E-state index is 13.9. The highest BCUT2D eigenvalue weighted by Crippen LogP contribution is 2.32. The van der Waals surface area contributed by atoms with Gasteiger partial charge in [0, 0.05) is 31.1 Å². The minimum absolute atomic E-state index is 0.0207. The lowest BCUT2D eigenvalue weighted by Crippen LogP contribution is -2.39. The van der Waals surface area contributed by atoms with Gasteiger partial charge in [-0.25, -0.2) is 9.07 Å². The van der Waals surface area contributed by atoms with E-state index in [0.29, 0.717) is 31.4 Å². The summed E-state index contributed by atoms with van der Waals surface area (Å²) >= 11 is 0. The summed E-state index contributed by atoms with van der Waals surface area (Å²) in [6, 6.07) is 13.9. The molecular weight excluding hydrogens is 504 g/mol. The first-order valence-electron chi connectivity index (χ1n) is 12.2. The van der Waals surface area contributed by atoms with Crippen molar-refractivity contribution in [1.29, 1.82) is 0 Å². The summed E-state index contributed by atoms with van der Waals surface area (Å²) in [7, 11) is 0. The highest BCUT2D eigenvalue weighted by atomic mass is 19.4. The molecule has 4 rings (SSSR count). The number of carbonyl (C=O) groups excluding carboxylic acids is 3. The molecule has 0 spiro atoms. The SMILES string of the molecule is O=C(NCCNC(=O)C1CCC(C(=O)c2ccccc2F)CC1)c1cn(-c2ccccc2)nc1C(F)(F)F. The van der Waals surface area contributed by atoms with Crippen molar-refractivity contribution in [3.05, 3.63) is 83.4 Å². The van der Waals surface area contributed by atoms with Crippen LogP contribution < -0.4 is 10.6 Å². The van der Waals surface area contributed by atoms with Crippen molar-refractivity contribution in [3.63, 3.8) is 0 Å². The predicted molar refractivity (Wildman–Crippen MR) is 130 cm³/mol. The summed E-state index contributed by atoms with van der Waals surface area (Å²) in [5, 5.41) is 8.62. The number of halogens is 4. The van der Waals surface area contributed by atoms with Gasteiger partial charge in [0.25, 0.3) is 5.91 Å². The normalized spacial score (nSPS) is 17.6. The molecule has 0 aliphatic heterocycles. The molecular formula is C27H26F4N4O3. The standard InChI is InChI=1S/C27H26F4N4O3/c28-22-9-5-4-8-20(22)23(36)17-10-12-18(13-11-17)25(37)32-14-15-33-26(38)21-16-35(19-6-2-1-3-7-19)34-24(21)27(29,30)31/h1-9,16-18H,10-15H2,(H,32,37)(H,33,38). The van der Waals surface area contributed by atoms with Gasteiger partial charge in [0.15, 0.2) is 11.5 Å². The van der Waals surface area contributed by atoms with Crippen molar-refractivity contribution >= 4 is 17.6 Å². The molecule has 1 fully saturated rings. The minimum Gasteiger partial charge on any atom is -0.354 e. The Balaban J connectivity index is 1.26. The Morgan fingerprint density at radius 1 is 0.842 bits per heavy atom. The van der Waals surface area contributed by atoms with Gasteiger partial charge < -0.3 is 10.6 Å². The number of amides is 2. The van der Waals surface area contributed by atoms with E-state index in [9.17, 15) is 31.9 Å². The Morgan fingerprint density at radius 3 is 2.11 bits per heavy atom. The second-order valence-corrected chi connectivity index (χ2v) is 9.11. The largest absolute Gasteiger partial charge is 0.435 e. The highest BCUT2D eigenvalue weighted by molar-refractivity contribution is 5.98. The van der Waals surface area contributed by atoms with E-state index < -0.39 is 29.2 Å². The Morgan fingerprint density at radius 2 is 1.45 bits per heavy atom. The number of para-hydroxylation sites is 1. The van der Waals surface area contributed by atoms with E-state index in [1.807, 2.05) is 0 Å². The zero-order valence-corrected chi connectivity index (χ0v) is 20.3. The molecule has 1 aromatic heterocycles. The molecule has 200 valence electrons. The number of nitrogens with one attached hydrogen (secondary N) is 2. The third-order valence-electron chi connectivity index (χ3n) is 6.57. The Hall–Kier alpha value is -4.02. The van der Waals surface area contributed by atoms with Crippen LogP contribution in [0.2, 0.25) is 0 Å². The predicted octanol–water partition coefficient (Wildman–Crippen LogP) is 4.57. The fraction of sp³-hybridized carbons (Fsp3) is 0.333. The summed E-state index contributed by atoms with van der Waals surface area (Å²) in [5.74, 6) is -2.73. The second-order valence-electron chi connectivity index (χ2n) is 9.11. The van der Waals surface area contributed by atoms with Crippen LogP contribution in [0.3, 0.4) is 0 Å². The van der Waals surface area contributed by atoms with E-state index in [1.165, 1.54) is 18.2 Å². The fourth-order valence-corrected chi connectivity index (χ4v) is 4.56. The van der Waals surface area contributed by atoms with E-state index in [-0.39, 0.29) is 42.2 Å². The fourth-order valence-electron chi connectivity index (χ4n) is 4.56. The summed E-state index contributed by atoms with van der Waals surface area (Å²) in [5.41, 5.74) is -1.50. The van der Waals surface area contributed by atoms with E-state index in [0.717, 1.165) is 10.9 Å². The third kappa shape index (κ3) is 6.27. The zero-order chi connectivity index (χ0) is 27.3. The van der Waals surface area contributed by atoms with Gasteiger partial charge >= 0.3 is 6.18 Å². The first-order chi connectivity index (χ1) is 18.1. The lowest BCUT2D eigenvalue weighted by atomic mass is 9.78. The topological polar surface area (TPSA) is 93.1 Å². The van der Waals surface area contributed by atoms with Gasteiger partial charge in [-0.05, 0) is 49.9 Å². The number of hydrogen-bond acceptors (Lipinski definition) is 4. The van der Waals surface area contributed by atoms with Crippen LogP contribution in [0.1, 0.15) is 52.1 Å². The molecule has 11 heteroatoms. The summed E-state index contributed by atoms with van der Waals surface area (Å²) in [6.45, 7) is -0.0632. The number of benzene rings is 2. The summed E-state index contributed by atoms with van der Waals surface area (Å²) < 4.78 is 55.4. The molecule has 1 heterocycles. The van der Waals surface area contributed by atoms with Gasteiger partial charge in [0.2, 0.25) is 5.91 Å². The van der Waals surface area contributed by atoms with Crippen molar-refractivity contribution in [2.75, 3.05) is 13.1 Å². The summed E-state index contributed by atoms with van der Waals surface area (Å²) in [6.07, 6.45) is -1.99. The number of aromatic nitrogens is 2. The van der Waals surface area contributed by atoms with Crippen molar-refractivity contribution in [3.8, 4) is 5.69 Å². The Labute approximate surface area is 216 Å². The first kappa shape index (κ1) is 27.0. The van der Waals surface area contributed by atoms with E-state index >= 15 is 0 Å². The monoisotopic (exact) mass is 530 g/mol. The highest BCUT2D eigenvalue weighted by Gasteiger charge is 2.39. The Kier molecular flexibility index (Phi) is 8.23. The van der Waals surface area contributed by atoms with Crippen LogP contribution in [-0.2, 0) is 11.0 Å². The molecule has 0 radical (unpaired) electrons. The molecule has 2 N–H and O–H groups in total. The van der Waals surface area contributed by atoms with Crippen molar-refractivity contribution in [1.82, 2.24) is 20.4 Å². The number of carbonyl (C=O) groups is 3. The van der Waals surface area contributed by atoms with Crippen LogP contribution in [0.15, 0.2) is 60.8 Å². The molecule has 2 amide bonds. The van der Waals surface area contributed by atoms with Crippen LogP contribution in [0.25, 0.3) is 5.69 Å². The molecule has 1 aliphatic rings. The minimum atomic E-state index is -4.83. The maximum atomic E-state index is 13.9. The number of Topliss-reactive ketones (excluding diaryl/α,β-unsaturated/α-hetero) is 1. The molecule has 1 saturated carbocycles. The van der Waals surface area contributed by atoms with Crippen LogP contribution >= 0.6 is 0 Å². The van der Waals surface area contributed by atoms with Gasteiger partial charge in [-0.1, -0.05) is 30.3 Å². The molecule has 0 saturated heterocycles. The van der Waals surface area contributed by atoms with Crippen molar-refractivity contribution in [2.45, 2.75) is 31.9 Å². The van der Waals surface area contributed by atoms with Gasteiger partial charge in [-0.3, -0.25) is 14.4 Å². The zero-order valence-electron chi connectivity index (χ0n) is 20.3. The van der Waals surface area contributed by atoms with Crippen LogP contribution in [-0.4, -0.2) is 40.5 Å². The van der Waals surface area contributed by atoms with Gasteiger partial charge in [0.05, 0.1) is 16.8 Å². The number of rotatable bonds is 8. The van der Waals surface area contributed by atoms with Gasteiger partial charge in [0.1, 0.15) is 5.82 Å². The number of ketones is 1. The Bertz CT molecular complexity index is 1300. The molecule has 38 heavy (non-hydrogen) atoms. The molecule has 7 nitrogen and oxygen atoms in total. The summed E-state index contributed by atoms with van der Waals surface area (Å²) in [4.78, 5) is 37.6. The maximum Gasteiger partial charge on any atom is 0.435 e. The van der Waals surface area contributed by atoms with E-state index in [2.05, 4.69) is 15.7 Å². The van der Waals surface area contributed by atoms with Crippen LogP contribution in [0.4, 0.5) is 17.6 Å². The quantitative estimate of drug-likeness (QED) is 0.254. The average Bonchev–Trinajstić information content (AvgIpc) is 3.38. The number of nitrogens with zero attached hydrogens (tertiary/aromatic N) is 2. The molecule has 1 aliphatic carbocycles. The van der Waals surface area contributed by atoms with Gasteiger partial charge in [-0.2, -0.15) is 18.3 Å². The lowest BCUT2D eigenvalue weighted by Gasteiger charge is -2.27. The number of hydrogen-bond donors (Lipinski definition) is 2. The first-order valence-corrected chi connectivity index (χ1v) is 12.2. The molecule has 0 bridgehead atoms. The van der Waals surface area contributed by atoms with Crippen molar-refractivity contribution < 1.29 is 31.9 Å². The molecule has 2 aromatic carbocycles. The lowest BCUT2D eigenvalue weighted by molar-refractivity contribution is -0.141. The molecule has 0 atom stereocenters.